The van der Waals surface area contributed by atoms with E-state index in [2.05, 4.69) is 0 Å². The lowest BCUT2D eigenvalue weighted by molar-refractivity contribution is 0.0693. The van der Waals surface area contributed by atoms with E-state index in [9.17, 15) is 15.0 Å². The van der Waals surface area contributed by atoms with Crippen LogP contribution in [0.25, 0.3) is 0 Å². The van der Waals surface area contributed by atoms with Crippen molar-refractivity contribution in [1.82, 2.24) is 0 Å². The van der Waals surface area contributed by atoms with Crippen LogP contribution in [0.3, 0.4) is 0 Å². The van der Waals surface area contributed by atoms with Gasteiger partial charge < -0.3 is 21.1 Å². The average molecular weight is 197 g/mol. The number of rotatable bonds is 3. The van der Waals surface area contributed by atoms with Crippen molar-refractivity contribution in [3.05, 3.63) is 23.3 Å². The van der Waals surface area contributed by atoms with Crippen molar-refractivity contribution in [1.29, 1.82) is 0 Å². The molecule has 5 heteroatoms. The number of phenolic OH excluding ortho intramolecular Hbond substituents is 1. The van der Waals surface area contributed by atoms with Crippen molar-refractivity contribution < 1.29 is 20.1 Å². The van der Waals surface area contributed by atoms with Gasteiger partial charge in [-0.1, -0.05) is 0 Å². The zero-order valence-electron chi connectivity index (χ0n) is 7.40. The Bertz CT molecular complexity index is 362. The van der Waals surface area contributed by atoms with E-state index in [1.807, 2.05) is 0 Å². The molecule has 14 heavy (non-hydrogen) atoms. The van der Waals surface area contributed by atoms with Gasteiger partial charge in [-0.3, -0.25) is 0 Å². The molecule has 0 heterocycles. The maximum absolute atomic E-state index is 10.5. The maximum Gasteiger partial charge on any atom is 0.339 e. The minimum Gasteiger partial charge on any atom is -0.508 e. The zero-order chi connectivity index (χ0) is 10.7. The number of hydrogen-bond donors (Lipinski definition) is 4. The van der Waals surface area contributed by atoms with Crippen LogP contribution < -0.4 is 5.73 Å². The van der Waals surface area contributed by atoms with Crippen molar-refractivity contribution in [3.63, 3.8) is 0 Å². The SMILES string of the molecule is NCCc1cc(O)c(C(=O)O)cc1O. The third-order valence-corrected chi connectivity index (χ3v) is 1.84. The largest absolute Gasteiger partial charge is 0.508 e. The van der Waals surface area contributed by atoms with Crippen LogP contribution in [0.5, 0.6) is 11.5 Å². The van der Waals surface area contributed by atoms with Crippen LogP contribution >= 0.6 is 0 Å². The molecule has 0 bridgehead atoms. The predicted molar refractivity (Wildman–Crippen MR) is 49.5 cm³/mol. The molecule has 76 valence electrons. The fraction of sp³-hybridized carbons (Fsp3) is 0.222. The molecule has 1 rings (SSSR count). The van der Waals surface area contributed by atoms with Crippen LogP contribution in [0, 0.1) is 0 Å². The van der Waals surface area contributed by atoms with E-state index in [0.29, 0.717) is 18.5 Å². The predicted octanol–water partition coefficient (Wildman–Crippen LogP) is 0.297. The van der Waals surface area contributed by atoms with Crippen LogP contribution in [-0.4, -0.2) is 27.8 Å². The van der Waals surface area contributed by atoms with E-state index < -0.39 is 5.97 Å². The summed E-state index contributed by atoms with van der Waals surface area (Å²) in [6, 6.07) is 2.23. The van der Waals surface area contributed by atoms with Gasteiger partial charge >= 0.3 is 5.97 Å². The van der Waals surface area contributed by atoms with Crippen molar-refractivity contribution in [2.24, 2.45) is 5.73 Å². The number of carboxylic acids is 1. The topological polar surface area (TPSA) is 104 Å². The molecule has 0 atom stereocenters. The van der Waals surface area contributed by atoms with Crippen molar-refractivity contribution in [2.45, 2.75) is 6.42 Å². The first-order chi connectivity index (χ1) is 6.56. The highest BCUT2D eigenvalue weighted by Gasteiger charge is 2.13. The first-order valence-corrected chi connectivity index (χ1v) is 4.04. The summed E-state index contributed by atoms with van der Waals surface area (Å²) < 4.78 is 0. The standard InChI is InChI=1S/C9H11NO4/c10-2-1-5-3-8(12)6(9(13)14)4-7(5)11/h3-4,11-12H,1-2,10H2,(H,13,14). The summed E-state index contributed by atoms with van der Waals surface area (Å²) in [5.41, 5.74) is 5.39. The molecule has 0 saturated carbocycles. The molecule has 0 aliphatic carbocycles. The van der Waals surface area contributed by atoms with Gasteiger partial charge in [-0.2, -0.15) is 0 Å². The van der Waals surface area contributed by atoms with Gasteiger partial charge in [-0.25, -0.2) is 4.79 Å². The van der Waals surface area contributed by atoms with Gasteiger partial charge in [0, 0.05) is 0 Å². The van der Waals surface area contributed by atoms with Gasteiger partial charge in [0.2, 0.25) is 0 Å². The Labute approximate surface area is 80.4 Å². The molecule has 0 spiro atoms. The normalized spacial score (nSPS) is 10.1. The molecular weight excluding hydrogens is 186 g/mol. The summed E-state index contributed by atoms with van der Waals surface area (Å²) >= 11 is 0. The van der Waals surface area contributed by atoms with Gasteiger partial charge in [0.25, 0.3) is 0 Å². The summed E-state index contributed by atoms with van der Waals surface area (Å²) in [5.74, 6) is -1.80. The molecule has 5 nitrogen and oxygen atoms in total. The molecule has 0 amide bonds. The summed E-state index contributed by atoms with van der Waals surface area (Å²) in [6.45, 7) is 0.319. The highest BCUT2D eigenvalue weighted by molar-refractivity contribution is 5.91. The Hall–Kier alpha value is -1.75. The van der Waals surface area contributed by atoms with Gasteiger partial charge in [0.05, 0.1) is 0 Å². The van der Waals surface area contributed by atoms with E-state index in [1.54, 1.807) is 0 Å². The zero-order valence-corrected chi connectivity index (χ0v) is 7.40. The molecule has 1 aromatic carbocycles. The summed E-state index contributed by atoms with van der Waals surface area (Å²) in [7, 11) is 0. The monoisotopic (exact) mass is 197 g/mol. The number of aromatic carboxylic acids is 1. The lowest BCUT2D eigenvalue weighted by atomic mass is 10.1. The Kier molecular flexibility index (Phi) is 2.93. The Morgan fingerprint density at radius 2 is 1.93 bits per heavy atom. The molecule has 5 N–H and O–H groups in total. The Morgan fingerprint density at radius 3 is 2.43 bits per heavy atom. The third kappa shape index (κ3) is 1.94. The van der Waals surface area contributed by atoms with Crippen molar-refractivity contribution in [3.8, 4) is 11.5 Å². The van der Waals surface area contributed by atoms with Crippen molar-refractivity contribution in [2.75, 3.05) is 6.54 Å². The highest BCUT2D eigenvalue weighted by Crippen LogP contribution is 2.27. The smallest absolute Gasteiger partial charge is 0.339 e. The van der Waals surface area contributed by atoms with E-state index >= 15 is 0 Å². The molecule has 0 saturated heterocycles. The number of phenols is 2. The number of benzene rings is 1. The summed E-state index contributed by atoms with van der Waals surface area (Å²) in [6.07, 6.45) is 0.388. The highest BCUT2D eigenvalue weighted by atomic mass is 16.4. The minimum absolute atomic E-state index is 0.161. The second kappa shape index (κ2) is 3.97. The van der Waals surface area contributed by atoms with E-state index in [-0.39, 0.29) is 17.1 Å². The quantitative estimate of drug-likeness (QED) is 0.521. The van der Waals surface area contributed by atoms with E-state index in [1.165, 1.54) is 6.07 Å². The van der Waals surface area contributed by atoms with Crippen LogP contribution in [0.4, 0.5) is 0 Å². The lowest BCUT2D eigenvalue weighted by Crippen LogP contribution is -2.04. The van der Waals surface area contributed by atoms with Gasteiger partial charge in [-0.15, -0.1) is 0 Å². The lowest BCUT2D eigenvalue weighted by Gasteiger charge is -2.06. The Balaban J connectivity index is 3.17. The fourth-order valence-corrected chi connectivity index (χ4v) is 1.15. The van der Waals surface area contributed by atoms with Gasteiger partial charge in [-0.05, 0) is 30.7 Å². The van der Waals surface area contributed by atoms with Gasteiger partial charge in [0.1, 0.15) is 17.1 Å². The average Bonchev–Trinajstić information content (AvgIpc) is 2.10. The van der Waals surface area contributed by atoms with Crippen LogP contribution in [0.2, 0.25) is 0 Å². The maximum atomic E-state index is 10.5. The molecule has 0 unspecified atom stereocenters. The number of carbonyl (C=O) groups is 1. The summed E-state index contributed by atoms with van der Waals surface area (Å²) in [5, 5.41) is 27.3. The Morgan fingerprint density at radius 1 is 1.29 bits per heavy atom. The number of nitrogens with two attached hydrogens (primary N) is 1. The second-order valence-corrected chi connectivity index (χ2v) is 2.84. The first kappa shape index (κ1) is 10.3. The van der Waals surface area contributed by atoms with E-state index in [0.717, 1.165) is 6.07 Å². The molecule has 0 aliphatic heterocycles. The van der Waals surface area contributed by atoms with Crippen LogP contribution in [-0.2, 0) is 6.42 Å². The second-order valence-electron chi connectivity index (χ2n) is 2.84. The number of carboxylic acid groups (broad SMARTS) is 1. The molecule has 0 aliphatic rings. The number of hydrogen-bond acceptors (Lipinski definition) is 4. The van der Waals surface area contributed by atoms with E-state index in [4.69, 9.17) is 10.8 Å². The minimum atomic E-state index is -1.28. The summed E-state index contributed by atoms with van der Waals surface area (Å²) in [4.78, 5) is 10.5. The van der Waals surface area contributed by atoms with Crippen LogP contribution in [0.15, 0.2) is 12.1 Å². The van der Waals surface area contributed by atoms with Gasteiger partial charge in [0.15, 0.2) is 0 Å². The van der Waals surface area contributed by atoms with Crippen LogP contribution in [0.1, 0.15) is 15.9 Å². The number of aromatic hydroxyl groups is 2. The first-order valence-electron chi connectivity index (χ1n) is 4.04. The molecular formula is C9H11NO4. The van der Waals surface area contributed by atoms with Crippen molar-refractivity contribution >= 4 is 5.97 Å². The molecule has 1 aromatic rings. The third-order valence-electron chi connectivity index (χ3n) is 1.84. The molecule has 0 fully saturated rings. The molecule has 0 aromatic heterocycles. The molecule has 0 radical (unpaired) electrons. The fourth-order valence-electron chi connectivity index (χ4n) is 1.15.